The van der Waals surface area contributed by atoms with Crippen molar-refractivity contribution in [3.05, 3.63) is 63.7 Å². The minimum Gasteiger partial charge on any atom is -0.392 e. The number of aryl methyl sites for hydroxylation is 1. The second-order valence-corrected chi connectivity index (χ2v) is 5.31. The zero-order valence-electron chi connectivity index (χ0n) is 10.4. The van der Waals surface area contributed by atoms with Gasteiger partial charge >= 0.3 is 0 Å². The third kappa shape index (κ3) is 3.56. The molecule has 0 bridgehead atoms. The molecule has 0 saturated heterocycles. The third-order valence-corrected chi connectivity index (χ3v) is 3.57. The van der Waals surface area contributed by atoms with Crippen LogP contribution in [0.5, 0.6) is 0 Å². The molecule has 0 aliphatic heterocycles. The predicted molar refractivity (Wildman–Crippen MR) is 74.3 cm³/mol. The Balaban J connectivity index is 2.24. The fourth-order valence-corrected chi connectivity index (χ4v) is 2.66. The molecule has 0 radical (unpaired) electrons. The van der Waals surface area contributed by atoms with E-state index in [0.717, 1.165) is 20.9 Å². The number of nitrogens with zero attached hydrogens (tertiary/aromatic N) is 1. The highest BCUT2D eigenvalue weighted by Gasteiger charge is 2.09. The first-order valence-corrected chi connectivity index (χ1v) is 6.54. The number of aliphatic hydroxyl groups excluding tert-OH is 1. The summed E-state index contributed by atoms with van der Waals surface area (Å²) in [4.78, 5) is 12.2. The van der Waals surface area contributed by atoms with Crippen LogP contribution in [-0.4, -0.2) is 10.0 Å². The predicted octanol–water partition coefficient (Wildman–Crippen LogP) is 3.55. The Morgan fingerprint density at radius 1 is 1.16 bits per heavy atom. The van der Waals surface area contributed by atoms with Crippen molar-refractivity contribution in [3.63, 3.8) is 0 Å². The molecule has 0 aliphatic rings. The molecule has 0 amide bonds. The van der Waals surface area contributed by atoms with Crippen LogP contribution in [0, 0.1) is 17.0 Å². The molecule has 0 fully saturated rings. The van der Waals surface area contributed by atoms with Gasteiger partial charge in [-0.3, -0.25) is 10.1 Å². The van der Waals surface area contributed by atoms with E-state index in [1.165, 1.54) is 11.8 Å². The summed E-state index contributed by atoms with van der Waals surface area (Å²) < 4.78 is 0. The van der Waals surface area contributed by atoms with Gasteiger partial charge < -0.3 is 5.11 Å². The molecule has 0 atom stereocenters. The van der Waals surface area contributed by atoms with E-state index in [-0.39, 0.29) is 17.2 Å². The Bertz CT molecular complexity index is 596. The molecule has 0 spiro atoms. The normalized spacial score (nSPS) is 10.4. The number of aliphatic hydroxyl groups is 1. The summed E-state index contributed by atoms with van der Waals surface area (Å²) in [5.74, 6) is 0. The van der Waals surface area contributed by atoms with Crippen molar-refractivity contribution in [1.29, 1.82) is 0 Å². The van der Waals surface area contributed by atoms with Crippen LogP contribution in [0.4, 0.5) is 5.69 Å². The van der Waals surface area contributed by atoms with Crippen molar-refractivity contribution < 1.29 is 10.0 Å². The molecule has 2 rings (SSSR count). The van der Waals surface area contributed by atoms with Crippen LogP contribution in [0.1, 0.15) is 11.1 Å². The number of non-ortho nitro benzene ring substituents is 1. The molecular weight excluding hydrogens is 262 g/mol. The molecule has 1 N–H and O–H groups in total. The van der Waals surface area contributed by atoms with E-state index >= 15 is 0 Å². The van der Waals surface area contributed by atoms with Crippen LogP contribution in [-0.2, 0) is 6.61 Å². The average Bonchev–Trinajstić information content (AvgIpc) is 2.39. The molecular formula is C14H13NO3S. The molecule has 98 valence electrons. The van der Waals surface area contributed by atoms with Crippen molar-refractivity contribution >= 4 is 17.4 Å². The Morgan fingerprint density at radius 3 is 2.42 bits per heavy atom. The highest BCUT2D eigenvalue weighted by Crippen LogP contribution is 2.31. The SMILES string of the molecule is Cc1cc(Sc2ccc(CO)cc2)cc([N+](=O)[O-])c1. The highest BCUT2D eigenvalue weighted by atomic mass is 32.2. The van der Waals surface area contributed by atoms with Gasteiger partial charge in [0.1, 0.15) is 0 Å². The van der Waals surface area contributed by atoms with Gasteiger partial charge in [0.15, 0.2) is 0 Å². The van der Waals surface area contributed by atoms with Gasteiger partial charge in [-0.2, -0.15) is 0 Å². The maximum Gasteiger partial charge on any atom is 0.270 e. The van der Waals surface area contributed by atoms with Crippen molar-refractivity contribution in [2.45, 2.75) is 23.3 Å². The standard InChI is InChI=1S/C14H13NO3S/c1-10-6-12(15(17)18)8-14(7-10)19-13-4-2-11(9-16)3-5-13/h2-8,16H,9H2,1H3. The number of nitro benzene ring substituents is 1. The lowest BCUT2D eigenvalue weighted by Crippen LogP contribution is -1.89. The summed E-state index contributed by atoms with van der Waals surface area (Å²) in [6, 6.07) is 12.5. The van der Waals surface area contributed by atoms with Gasteiger partial charge in [0, 0.05) is 21.9 Å². The van der Waals surface area contributed by atoms with Gasteiger partial charge in [0.05, 0.1) is 11.5 Å². The zero-order chi connectivity index (χ0) is 13.8. The fourth-order valence-electron chi connectivity index (χ4n) is 1.69. The number of rotatable bonds is 4. The topological polar surface area (TPSA) is 63.4 Å². The van der Waals surface area contributed by atoms with Crippen LogP contribution in [0.15, 0.2) is 52.3 Å². The quantitative estimate of drug-likeness (QED) is 0.684. The van der Waals surface area contributed by atoms with Crippen LogP contribution < -0.4 is 0 Å². The van der Waals surface area contributed by atoms with Gasteiger partial charge in [-0.05, 0) is 36.2 Å². The molecule has 2 aromatic rings. The van der Waals surface area contributed by atoms with E-state index in [1.54, 1.807) is 12.1 Å². The number of hydrogen-bond donors (Lipinski definition) is 1. The van der Waals surface area contributed by atoms with E-state index in [0.29, 0.717) is 0 Å². The van der Waals surface area contributed by atoms with Crippen LogP contribution in [0.3, 0.4) is 0 Å². The molecule has 5 heteroatoms. The highest BCUT2D eigenvalue weighted by molar-refractivity contribution is 7.99. The third-order valence-electron chi connectivity index (χ3n) is 2.59. The molecule has 0 unspecified atom stereocenters. The molecule has 4 nitrogen and oxygen atoms in total. The van der Waals surface area contributed by atoms with Crippen LogP contribution in [0.2, 0.25) is 0 Å². The smallest absolute Gasteiger partial charge is 0.270 e. The summed E-state index contributed by atoms with van der Waals surface area (Å²) in [5, 5.41) is 19.8. The minimum atomic E-state index is -0.383. The summed E-state index contributed by atoms with van der Waals surface area (Å²) >= 11 is 1.47. The lowest BCUT2D eigenvalue weighted by Gasteiger charge is -2.04. The molecule has 0 heterocycles. The van der Waals surface area contributed by atoms with Gasteiger partial charge in [0.2, 0.25) is 0 Å². The molecule has 0 aromatic heterocycles. The van der Waals surface area contributed by atoms with Gasteiger partial charge in [-0.15, -0.1) is 0 Å². The van der Waals surface area contributed by atoms with Crippen molar-refractivity contribution in [1.82, 2.24) is 0 Å². The maximum absolute atomic E-state index is 10.8. The molecule has 2 aromatic carbocycles. The lowest BCUT2D eigenvalue weighted by atomic mass is 10.2. The first-order chi connectivity index (χ1) is 9.08. The van der Waals surface area contributed by atoms with Crippen molar-refractivity contribution in [3.8, 4) is 0 Å². The number of nitro groups is 1. The Labute approximate surface area is 115 Å². The van der Waals surface area contributed by atoms with Gasteiger partial charge in [0.25, 0.3) is 5.69 Å². The Hall–Kier alpha value is -1.85. The van der Waals surface area contributed by atoms with Crippen LogP contribution >= 0.6 is 11.8 Å². The summed E-state index contributed by atoms with van der Waals surface area (Å²) in [7, 11) is 0. The first-order valence-electron chi connectivity index (χ1n) is 5.72. The van der Waals surface area contributed by atoms with Crippen LogP contribution in [0.25, 0.3) is 0 Å². The minimum absolute atomic E-state index is 0.0147. The lowest BCUT2D eigenvalue weighted by molar-refractivity contribution is -0.385. The van der Waals surface area contributed by atoms with E-state index < -0.39 is 0 Å². The van der Waals surface area contributed by atoms with Crippen molar-refractivity contribution in [2.24, 2.45) is 0 Å². The number of benzene rings is 2. The largest absolute Gasteiger partial charge is 0.392 e. The Kier molecular flexibility index (Phi) is 4.19. The molecule has 0 saturated carbocycles. The average molecular weight is 275 g/mol. The van der Waals surface area contributed by atoms with Gasteiger partial charge in [-0.25, -0.2) is 0 Å². The van der Waals surface area contributed by atoms with E-state index in [1.807, 2.05) is 37.3 Å². The molecule has 19 heavy (non-hydrogen) atoms. The molecule has 0 aliphatic carbocycles. The summed E-state index contributed by atoms with van der Waals surface area (Å²) in [5.41, 5.74) is 1.82. The van der Waals surface area contributed by atoms with Gasteiger partial charge in [-0.1, -0.05) is 23.9 Å². The second-order valence-electron chi connectivity index (χ2n) is 4.17. The first kappa shape index (κ1) is 13.6. The van der Waals surface area contributed by atoms with E-state index in [2.05, 4.69) is 0 Å². The fraction of sp³-hybridized carbons (Fsp3) is 0.143. The maximum atomic E-state index is 10.8. The second kappa shape index (κ2) is 5.86. The van der Waals surface area contributed by atoms with E-state index in [4.69, 9.17) is 5.11 Å². The van der Waals surface area contributed by atoms with E-state index in [9.17, 15) is 10.1 Å². The summed E-state index contributed by atoms with van der Waals surface area (Å²) in [6.07, 6.45) is 0. The number of hydrogen-bond acceptors (Lipinski definition) is 4. The Morgan fingerprint density at radius 2 is 1.84 bits per heavy atom. The van der Waals surface area contributed by atoms with Crippen molar-refractivity contribution in [2.75, 3.05) is 0 Å². The summed E-state index contributed by atoms with van der Waals surface area (Å²) in [6.45, 7) is 1.85. The monoisotopic (exact) mass is 275 g/mol. The zero-order valence-corrected chi connectivity index (χ0v) is 11.2.